The standard InChI is InChI=1S/C22H39N2O11PS/c1-4-5-18(25)6-7-19(26)8-9-20(27)10-11-21(28)22(29)34-12-13-35-36(30,31)37(32,33)16-17(14-23-2)15-24-3/h17,23-24H,4-16H2,1-3H3,(H,30,31). The number of rotatable bonds is 23. The molecule has 0 spiro atoms. The Kier molecular flexibility index (Phi) is 17.5. The largest absolute Gasteiger partial charge is 0.457 e. The van der Waals surface area contributed by atoms with Crippen LogP contribution in [0.1, 0.15) is 58.3 Å². The molecule has 37 heavy (non-hydrogen) atoms. The predicted octanol–water partition coefficient (Wildman–Crippen LogP) is 0.534. The van der Waals surface area contributed by atoms with Gasteiger partial charge in [-0.1, -0.05) is 6.92 Å². The van der Waals surface area contributed by atoms with E-state index in [0.29, 0.717) is 12.8 Å². The molecule has 0 aromatic rings. The zero-order chi connectivity index (χ0) is 28.5. The smallest absolute Gasteiger partial charge is 0.442 e. The van der Waals surface area contributed by atoms with Gasteiger partial charge in [-0.15, -0.1) is 0 Å². The van der Waals surface area contributed by atoms with Gasteiger partial charge in [0.05, 0.1) is 12.4 Å². The third-order valence-corrected chi connectivity index (χ3v) is 10.1. The topological polar surface area (TPSA) is 199 Å². The van der Waals surface area contributed by atoms with Crippen molar-refractivity contribution in [3.05, 3.63) is 0 Å². The van der Waals surface area contributed by atoms with E-state index in [-0.39, 0.29) is 56.8 Å². The second-order valence-corrected chi connectivity index (χ2v) is 14.2. The third-order valence-electron chi connectivity index (χ3n) is 5.11. The van der Waals surface area contributed by atoms with Crippen molar-refractivity contribution in [3.63, 3.8) is 0 Å². The van der Waals surface area contributed by atoms with Gasteiger partial charge in [0.1, 0.15) is 24.0 Å². The SMILES string of the molecule is CCCC(=O)CCC(=O)CCC(=O)CCC(=O)C(=O)OCCOP(=O)(O)S(=O)(=O)CC(CNC)CNC. The van der Waals surface area contributed by atoms with Crippen LogP contribution in [0.2, 0.25) is 0 Å². The van der Waals surface area contributed by atoms with Gasteiger partial charge in [0.2, 0.25) is 5.78 Å². The molecule has 0 aromatic heterocycles. The Bertz CT molecular complexity index is 931. The molecular formula is C22H39N2O11PS. The summed E-state index contributed by atoms with van der Waals surface area (Å²) < 4.78 is 45.9. The maximum Gasteiger partial charge on any atom is 0.442 e. The van der Waals surface area contributed by atoms with Crippen molar-refractivity contribution in [2.75, 3.05) is 46.2 Å². The minimum absolute atomic E-state index is 0.0113. The van der Waals surface area contributed by atoms with Crippen molar-refractivity contribution >= 4 is 45.4 Å². The zero-order valence-electron chi connectivity index (χ0n) is 21.7. The molecular weight excluding hydrogens is 531 g/mol. The molecule has 1 unspecified atom stereocenters. The molecule has 0 radical (unpaired) electrons. The van der Waals surface area contributed by atoms with E-state index in [2.05, 4.69) is 19.9 Å². The first-order valence-electron chi connectivity index (χ1n) is 12.0. The number of carbonyl (C=O) groups is 5. The Balaban J connectivity index is 4.35. The van der Waals surface area contributed by atoms with E-state index >= 15 is 0 Å². The van der Waals surface area contributed by atoms with Crippen LogP contribution >= 0.6 is 6.80 Å². The summed E-state index contributed by atoms with van der Waals surface area (Å²) in [4.78, 5) is 68.5. The highest BCUT2D eigenvalue weighted by Gasteiger charge is 2.39. The van der Waals surface area contributed by atoms with Crippen LogP contribution in [0.5, 0.6) is 0 Å². The average molecular weight is 571 g/mol. The number of hydrogen-bond acceptors (Lipinski definition) is 12. The molecule has 0 bridgehead atoms. The highest BCUT2D eigenvalue weighted by molar-refractivity contribution is 8.49. The lowest BCUT2D eigenvalue weighted by molar-refractivity contribution is -0.154. The van der Waals surface area contributed by atoms with Gasteiger partial charge in [0, 0.05) is 44.9 Å². The maximum atomic E-state index is 12.3. The van der Waals surface area contributed by atoms with Crippen LogP contribution in [0.15, 0.2) is 0 Å². The molecule has 1 atom stereocenters. The van der Waals surface area contributed by atoms with Gasteiger partial charge < -0.3 is 20.3 Å². The Hall–Kier alpha value is -1.83. The number of esters is 1. The molecule has 15 heteroatoms. The van der Waals surface area contributed by atoms with Crippen molar-refractivity contribution in [2.24, 2.45) is 5.92 Å². The fraction of sp³-hybridized carbons (Fsp3) is 0.773. The first-order valence-corrected chi connectivity index (χ1v) is 15.9. The Labute approximate surface area is 217 Å². The molecule has 0 amide bonds. The number of hydrogen-bond donors (Lipinski definition) is 3. The van der Waals surface area contributed by atoms with E-state index in [1.54, 1.807) is 14.1 Å². The van der Waals surface area contributed by atoms with Gasteiger partial charge in [-0.2, -0.15) is 0 Å². The van der Waals surface area contributed by atoms with Crippen LogP contribution in [-0.4, -0.2) is 88.6 Å². The zero-order valence-corrected chi connectivity index (χ0v) is 23.4. The third kappa shape index (κ3) is 15.2. The van der Waals surface area contributed by atoms with E-state index in [1.807, 2.05) is 6.92 Å². The second kappa shape index (κ2) is 18.4. The predicted molar refractivity (Wildman–Crippen MR) is 135 cm³/mol. The maximum absolute atomic E-state index is 12.3. The van der Waals surface area contributed by atoms with Crippen molar-refractivity contribution in [1.29, 1.82) is 0 Å². The minimum Gasteiger partial charge on any atom is -0.457 e. The number of Topliss-reactive ketones (excluding diaryl/α,β-unsaturated/α-hetero) is 4. The van der Waals surface area contributed by atoms with Crippen molar-refractivity contribution in [3.8, 4) is 0 Å². The van der Waals surface area contributed by atoms with Crippen molar-refractivity contribution in [1.82, 2.24) is 10.6 Å². The van der Waals surface area contributed by atoms with Crippen molar-refractivity contribution in [2.45, 2.75) is 58.3 Å². The highest BCUT2D eigenvalue weighted by atomic mass is 32.8. The fourth-order valence-electron chi connectivity index (χ4n) is 3.17. The van der Waals surface area contributed by atoms with E-state index in [4.69, 9.17) is 0 Å². The van der Waals surface area contributed by atoms with Gasteiger partial charge in [-0.05, 0) is 39.5 Å². The van der Waals surface area contributed by atoms with Crippen molar-refractivity contribution < 1.29 is 51.1 Å². The number of ether oxygens (including phenoxy) is 1. The summed E-state index contributed by atoms with van der Waals surface area (Å²) in [5.74, 6) is -4.08. The lowest BCUT2D eigenvalue weighted by Gasteiger charge is -2.18. The summed E-state index contributed by atoms with van der Waals surface area (Å²) in [5.41, 5.74) is 0. The molecule has 0 saturated heterocycles. The summed E-state index contributed by atoms with van der Waals surface area (Å²) in [6.07, 6.45) is 0.415. The number of ketones is 4. The molecule has 0 saturated carbocycles. The first kappa shape index (κ1) is 35.2. The van der Waals surface area contributed by atoms with Gasteiger partial charge in [0.15, 0.2) is 0 Å². The molecule has 214 valence electrons. The normalized spacial score (nSPS) is 13.2. The Morgan fingerprint density at radius 1 is 0.811 bits per heavy atom. The van der Waals surface area contributed by atoms with Crippen LogP contribution in [0.4, 0.5) is 0 Å². The number of nitrogens with one attached hydrogen (secondary N) is 2. The van der Waals surface area contributed by atoms with Crippen LogP contribution in [-0.2, 0) is 47.3 Å². The molecule has 0 aliphatic carbocycles. The molecule has 0 fully saturated rings. The van der Waals surface area contributed by atoms with Gasteiger partial charge in [-0.3, -0.25) is 23.7 Å². The molecule has 0 aliphatic heterocycles. The van der Waals surface area contributed by atoms with Crippen LogP contribution in [0.3, 0.4) is 0 Å². The van der Waals surface area contributed by atoms with Gasteiger partial charge in [0.25, 0.3) is 9.46 Å². The quantitative estimate of drug-likeness (QED) is 0.0666. The summed E-state index contributed by atoms with van der Waals surface area (Å²) in [5, 5.41) is 5.58. The van der Waals surface area contributed by atoms with Crippen LogP contribution in [0, 0.1) is 5.92 Å². The second-order valence-electron chi connectivity index (χ2n) is 8.46. The molecule has 0 aliphatic rings. The van der Waals surface area contributed by atoms with Crippen LogP contribution < -0.4 is 10.6 Å². The van der Waals surface area contributed by atoms with E-state index in [1.165, 1.54) is 0 Å². The average Bonchev–Trinajstić information content (AvgIpc) is 2.82. The van der Waals surface area contributed by atoms with Gasteiger partial charge >= 0.3 is 12.8 Å². The summed E-state index contributed by atoms with van der Waals surface area (Å²) in [6.45, 7) is -4.07. The molecule has 3 N–H and O–H groups in total. The number of carbonyl (C=O) groups excluding carboxylic acids is 5. The Morgan fingerprint density at radius 2 is 1.27 bits per heavy atom. The molecule has 0 rings (SSSR count). The summed E-state index contributed by atoms with van der Waals surface area (Å²) in [7, 11) is -1.32. The lowest BCUT2D eigenvalue weighted by atomic mass is 10.0. The monoisotopic (exact) mass is 570 g/mol. The lowest BCUT2D eigenvalue weighted by Crippen LogP contribution is -2.33. The molecule has 0 aromatic carbocycles. The van der Waals surface area contributed by atoms with E-state index in [9.17, 15) is 41.8 Å². The first-order chi connectivity index (χ1) is 17.3. The summed E-state index contributed by atoms with van der Waals surface area (Å²) in [6, 6.07) is 0. The van der Waals surface area contributed by atoms with Gasteiger partial charge in [-0.25, -0.2) is 17.8 Å². The fourth-order valence-corrected chi connectivity index (χ4v) is 6.56. The summed E-state index contributed by atoms with van der Waals surface area (Å²) >= 11 is 0. The van der Waals surface area contributed by atoms with Crippen LogP contribution in [0.25, 0.3) is 0 Å². The highest BCUT2D eigenvalue weighted by Crippen LogP contribution is 2.50. The van der Waals surface area contributed by atoms with E-state index < -0.39 is 65.1 Å². The molecule has 13 nitrogen and oxygen atoms in total. The molecule has 0 heterocycles. The van der Waals surface area contributed by atoms with E-state index in [0.717, 1.165) is 0 Å². The Morgan fingerprint density at radius 3 is 1.73 bits per heavy atom. The minimum atomic E-state index is -5.09.